The zero-order chi connectivity index (χ0) is 25.5. The number of ketones is 1. The molecule has 1 atom stereocenters. The van der Waals surface area contributed by atoms with Crippen LogP contribution in [-0.4, -0.2) is 66.0 Å². The molecule has 0 unspecified atom stereocenters. The summed E-state index contributed by atoms with van der Waals surface area (Å²) in [4.78, 5) is 30.2. The molecule has 1 saturated heterocycles. The predicted octanol–water partition coefficient (Wildman–Crippen LogP) is 4.56. The molecule has 2 aromatic rings. The summed E-state index contributed by atoms with van der Waals surface area (Å²) in [6.45, 7) is 13.4. The van der Waals surface area contributed by atoms with Gasteiger partial charge < -0.3 is 24.4 Å². The molecule has 0 radical (unpaired) electrons. The largest absolute Gasteiger partial charge is 0.507 e. The normalized spacial score (nSPS) is 17.3. The quantitative estimate of drug-likeness (QED) is 0.289. The Balaban J connectivity index is 2.14. The first-order valence-corrected chi connectivity index (χ1v) is 12.3. The number of aliphatic hydroxyl groups excluding tert-OH is 1. The van der Waals surface area contributed by atoms with Crippen LogP contribution in [0.4, 0.5) is 0 Å². The molecule has 1 aliphatic heterocycles. The minimum Gasteiger partial charge on any atom is -0.507 e. The highest BCUT2D eigenvalue weighted by molar-refractivity contribution is 6.46. The highest BCUT2D eigenvalue weighted by atomic mass is 16.5. The molecule has 0 saturated carbocycles. The lowest BCUT2D eigenvalue weighted by molar-refractivity contribution is -0.140. The fourth-order valence-corrected chi connectivity index (χ4v) is 4.35. The molecule has 1 aliphatic rings. The molecule has 7 nitrogen and oxygen atoms in total. The molecule has 1 fully saturated rings. The van der Waals surface area contributed by atoms with E-state index in [1.165, 1.54) is 0 Å². The molecule has 0 aromatic heterocycles. The van der Waals surface area contributed by atoms with Crippen molar-refractivity contribution >= 4 is 17.4 Å². The number of hydrogen-bond donors (Lipinski definition) is 1. The fraction of sp³-hybridized carbons (Fsp3) is 0.429. The molecule has 2 aromatic carbocycles. The average Bonchev–Trinajstić information content (AvgIpc) is 3.11. The second-order valence-corrected chi connectivity index (χ2v) is 8.46. The monoisotopic (exact) mass is 480 g/mol. The molecule has 1 heterocycles. The molecule has 0 aliphatic carbocycles. The third kappa shape index (κ3) is 5.68. The number of aliphatic hydroxyl groups is 1. The van der Waals surface area contributed by atoms with E-state index >= 15 is 0 Å². The lowest BCUT2D eigenvalue weighted by Gasteiger charge is -2.28. The number of carbonyl (C=O) groups excluding carboxylic acids is 2. The van der Waals surface area contributed by atoms with E-state index in [1.54, 1.807) is 29.2 Å². The van der Waals surface area contributed by atoms with Crippen LogP contribution in [0.15, 0.2) is 48.0 Å². The summed E-state index contributed by atoms with van der Waals surface area (Å²) in [5.41, 5.74) is 2.30. The van der Waals surface area contributed by atoms with E-state index in [2.05, 4.69) is 18.7 Å². The second-order valence-electron chi connectivity index (χ2n) is 8.46. The smallest absolute Gasteiger partial charge is 0.295 e. The van der Waals surface area contributed by atoms with Gasteiger partial charge in [0.05, 0.1) is 24.8 Å². The number of hydrogen-bond acceptors (Lipinski definition) is 6. The first kappa shape index (κ1) is 26.3. The summed E-state index contributed by atoms with van der Waals surface area (Å²) in [5.74, 6) is -0.332. The molecular formula is C28H36N2O5. The zero-order valence-corrected chi connectivity index (χ0v) is 21.3. The van der Waals surface area contributed by atoms with Crippen molar-refractivity contribution in [3.05, 3.63) is 64.7 Å². The maximum Gasteiger partial charge on any atom is 0.295 e. The van der Waals surface area contributed by atoms with Gasteiger partial charge >= 0.3 is 0 Å². The summed E-state index contributed by atoms with van der Waals surface area (Å²) in [7, 11) is 0. The van der Waals surface area contributed by atoms with E-state index < -0.39 is 17.7 Å². The average molecular weight is 481 g/mol. The molecule has 0 bridgehead atoms. The number of Topliss-reactive ketones (excluding diaryl/α,β-unsaturated/α-hetero) is 1. The third-order valence-electron chi connectivity index (χ3n) is 6.30. The van der Waals surface area contributed by atoms with E-state index in [4.69, 9.17) is 9.47 Å². The van der Waals surface area contributed by atoms with Crippen molar-refractivity contribution in [1.29, 1.82) is 0 Å². The molecule has 1 amide bonds. The van der Waals surface area contributed by atoms with Gasteiger partial charge in [-0.3, -0.25) is 9.59 Å². The van der Waals surface area contributed by atoms with E-state index in [0.717, 1.165) is 18.7 Å². The van der Waals surface area contributed by atoms with Crippen LogP contribution in [0.25, 0.3) is 5.76 Å². The Labute approximate surface area is 207 Å². The van der Waals surface area contributed by atoms with Crippen molar-refractivity contribution < 1.29 is 24.2 Å². The Bertz CT molecular complexity index is 1070. The number of aryl methyl sites for hydroxylation is 1. The number of rotatable bonds is 11. The predicted molar refractivity (Wildman–Crippen MR) is 137 cm³/mol. The molecule has 3 rings (SSSR count). The van der Waals surface area contributed by atoms with Crippen LogP contribution in [0.5, 0.6) is 11.5 Å². The van der Waals surface area contributed by atoms with Crippen LogP contribution in [0, 0.1) is 6.92 Å². The van der Waals surface area contributed by atoms with Crippen LogP contribution < -0.4 is 9.47 Å². The molecule has 1 N–H and O–H groups in total. The van der Waals surface area contributed by atoms with Gasteiger partial charge in [-0.05, 0) is 51.6 Å². The summed E-state index contributed by atoms with van der Waals surface area (Å²) >= 11 is 0. The first-order valence-electron chi connectivity index (χ1n) is 12.3. The highest BCUT2D eigenvalue weighted by Crippen LogP contribution is 2.42. The third-order valence-corrected chi connectivity index (χ3v) is 6.30. The van der Waals surface area contributed by atoms with E-state index in [0.29, 0.717) is 48.9 Å². The lowest BCUT2D eigenvalue weighted by atomic mass is 9.94. The summed E-state index contributed by atoms with van der Waals surface area (Å²) in [6, 6.07) is 11.9. The molecule has 7 heteroatoms. The molecule has 0 spiro atoms. The summed E-state index contributed by atoms with van der Waals surface area (Å²) in [5, 5.41) is 11.2. The van der Waals surface area contributed by atoms with Gasteiger partial charge in [-0.1, -0.05) is 49.7 Å². The van der Waals surface area contributed by atoms with Crippen molar-refractivity contribution in [2.75, 3.05) is 39.4 Å². The Morgan fingerprint density at radius 2 is 1.57 bits per heavy atom. The molecule has 35 heavy (non-hydrogen) atoms. The number of amides is 1. The maximum atomic E-state index is 13.3. The SMILES string of the molecule is CCOc1ccc([C@H]2/C(=C(\O)c3ccc(C)cc3)C(=O)C(=O)N2CCN(CC)CC)cc1OCC. The van der Waals surface area contributed by atoms with Gasteiger partial charge in [-0.25, -0.2) is 0 Å². The lowest BCUT2D eigenvalue weighted by Crippen LogP contribution is -2.38. The molecule has 188 valence electrons. The number of carbonyl (C=O) groups is 2. The van der Waals surface area contributed by atoms with Gasteiger partial charge in [0, 0.05) is 18.7 Å². The van der Waals surface area contributed by atoms with Crippen molar-refractivity contribution in [2.45, 2.75) is 40.7 Å². The van der Waals surface area contributed by atoms with Crippen molar-refractivity contribution in [1.82, 2.24) is 9.80 Å². The van der Waals surface area contributed by atoms with Gasteiger partial charge in [0.25, 0.3) is 11.7 Å². The number of ether oxygens (including phenoxy) is 2. The van der Waals surface area contributed by atoms with Gasteiger partial charge in [0.15, 0.2) is 11.5 Å². The Hall–Kier alpha value is -3.32. The standard InChI is InChI=1S/C28H36N2O5/c1-6-29(7-2)16-17-30-25(21-14-15-22(34-8-3)23(18-21)35-9-4)24(27(32)28(30)33)26(31)20-12-10-19(5)11-13-20/h10-15,18,25,31H,6-9,16-17H2,1-5H3/b26-24+/t25-/m0/s1. The van der Waals surface area contributed by atoms with E-state index in [9.17, 15) is 14.7 Å². The van der Waals surface area contributed by atoms with Crippen LogP contribution >= 0.6 is 0 Å². The number of benzene rings is 2. The number of nitrogens with zero attached hydrogens (tertiary/aromatic N) is 2. The minimum atomic E-state index is -0.734. The van der Waals surface area contributed by atoms with Crippen LogP contribution in [0.1, 0.15) is 50.4 Å². The Morgan fingerprint density at radius 3 is 2.17 bits per heavy atom. The van der Waals surface area contributed by atoms with Crippen molar-refractivity contribution in [3.63, 3.8) is 0 Å². The second kappa shape index (κ2) is 11.9. The summed E-state index contributed by atoms with van der Waals surface area (Å²) in [6.07, 6.45) is 0. The van der Waals surface area contributed by atoms with Gasteiger partial charge in [-0.2, -0.15) is 0 Å². The molecular weight excluding hydrogens is 444 g/mol. The topological polar surface area (TPSA) is 79.3 Å². The minimum absolute atomic E-state index is 0.0880. The van der Waals surface area contributed by atoms with Gasteiger partial charge in [-0.15, -0.1) is 0 Å². The zero-order valence-electron chi connectivity index (χ0n) is 21.3. The maximum absolute atomic E-state index is 13.3. The van der Waals surface area contributed by atoms with Crippen molar-refractivity contribution in [2.24, 2.45) is 0 Å². The number of likely N-dealkylation sites (N-methyl/N-ethyl adjacent to an activating group) is 1. The van der Waals surface area contributed by atoms with E-state index in [1.807, 2.05) is 39.0 Å². The van der Waals surface area contributed by atoms with Crippen LogP contribution in [-0.2, 0) is 9.59 Å². The van der Waals surface area contributed by atoms with E-state index in [-0.39, 0.29) is 11.3 Å². The van der Waals surface area contributed by atoms with Crippen LogP contribution in [0.2, 0.25) is 0 Å². The van der Waals surface area contributed by atoms with Gasteiger partial charge in [0.1, 0.15) is 5.76 Å². The Morgan fingerprint density at radius 1 is 0.943 bits per heavy atom. The van der Waals surface area contributed by atoms with Crippen LogP contribution in [0.3, 0.4) is 0 Å². The highest BCUT2D eigenvalue weighted by Gasteiger charge is 2.46. The van der Waals surface area contributed by atoms with Gasteiger partial charge in [0.2, 0.25) is 0 Å². The Kier molecular flexibility index (Phi) is 8.93. The van der Waals surface area contributed by atoms with Crippen molar-refractivity contribution in [3.8, 4) is 11.5 Å². The number of likely N-dealkylation sites (tertiary alicyclic amines) is 1. The summed E-state index contributed by atoms with van der Waals surface area (Å²) < 4.78 is 11.5. The first-order chi connectivity index (χ1) is 16.9. The fourth-order valence-electron chi connectivity index (χ4n) is 4.35.